The molecule has 0 bridgehead atoms. The standard InChI is InChI=1S/C30H45NO/c1-19-6-8-22(31-18-19)9-7-20(2)24-10-11-25-23-16-27(32-5)30-17-21(30)12-15-29(30,4)26(23)13-14-28(24,25)3/h6,8,18,20-21,23-27H,7,9-17H2,1-5H3/t20-,21-,23+,24-,25+,26+,27-,28-,29-,30?/m1/s1. The first-order valence-corrected chi connectivity index (χ1v) is 13.8. The second-order valence-corrected chi connectivity index (χ2v) is 13.3. The van der Waals surface area contributed by atoms with E-state index in [0.29, 0.717) is 22.3 Å². The molecule has 32 heavy (non-hydrogen) atoms. The van der Waals surface area contributed by atoms with Gasteiger partial charge in [0.05, 0.1) is 6.10 Å². The summed E-state index contributed by atoms with van der Waals surface area (Å²) < 4.78 is 6.31. The molecule has 0 amide bonds. The van der Waals surface area contributed by atoms with Crippen molar-refractivity contribution in [1.82, 2.24) is 4.98 Å². The topological polar surface area (TPSA) is 22.1 Å². The van der Waals surface area contributed by atoms with Crippen LogP contribution in [0.3, 0.4) is 0 Å². The molecule has 0 aromatic carbocycles. The van der Waals surface area contributed by atoms with E-state index < -0.39 is 0 Å². The van der Waals surface area contributed by atoms with E-state index in [-0.39, 0.29) is 0 Å². The maximum absolute atomic E-state index is 6.31. The van der Waals surface area contributed by atoms with E-state index in [1.165, 1.54) is 69.0 Å². The van der Waals surface area contributed by atoms with Gasteiger partial charge in [-0.15, -0.1) is 0 Å². The summed E-state index contributed by atoms with van der Waals surface area (Å²) in [4.78, 5) is 4.68. The van der Waals surface area contributed by atoms with Gasteiger partial charge in [0.25, 0.3) is 0 Å². The smallest absolute Gasteiger partial charge is 0.0638 e. The Balaban J connectivity index is 1.20. The number of rotatable bonds is 5. The van der Waals surface area contributed by atoms with Gasteiger partial charge in [-0.3, -0.25) is 4.98 Å². The first-order chi connectivity index (χ1) is 15.3. The third kappa shape index (κ3) is 2.77. The van der Waals surface area contributed by atoms with Gasteiger partial charge in [-0.05, 0) is 129 Å². The van der Waals surface area contributed by atoms with Gasteiger partial charge < -0.3 is 4.74 Å². The van der Waals surface area contributed by atoms with Gasteiger partial charge in [0, 0.05) is 24.4 Å². The fourth-order valence-corrected chi connectivity index (χ4v) is 10.8. The van der Waals surface area contributed by atoms with Gasteiger partial charge in [0.2, 0.25) is 0 Å². The van der Waals surface area contributed by atoms with E-state index >= 15 is 0 Å². The van der Waals surface area contributed by atoms with Crippen molar-refractivity contribution in [2.45, 2.75) is 98.0 Å². The average Bonchev–Trinajstić information content (AvgIpc) is 3.29. The Kier molecular flexibility index (Phi) is 4.94. The van der Waals surface area contributed by atoms with Gasteiger partial charge in [-0.2, -0.15) is 0 Å². The van der Waals surface area contributed by atoms with Crippen molar-refractivity contribution in [2.75, 3.05) is 7.11 Å². The number of hydrogen-bond acceptors (Lipinski definition) is 2. The molecule has 1 heterocycles. The largest absolute Gasteiger partial charge is 0.381 e. The molecule has 1 aromatic rings. The molecule has 1 aromatic heterocycles. The molecule has 2 heteroatoms. The Morgan fingerprint density at radius 2 is 1.94 bits per heavy atom. The third-order valence-corrected chi connectivity index (χ3v) is 12.4. The van der Waals surface area contributed by atoms with Crippen molar-refractivity contribution in [2.24, 2.45) is 51.8 Å². The summed E-state index contributed by atoms with van der Waals surface area (Å²) in [6.45, 7) is 10.1. The van der Waals surface area contributed by atoms with Crippen molar-refractivity contribution >= 4 is 0 Å². The number of hydrogen-bond donors (Lipinski definition) is 0. The predicted octanol–water partition coefficient (Wildman–Crippen LogP) is 7.24. The van der Waals surface area contributed by atoms with E-state index in [9.17, 15) is 0 Å². The Labute approximate surface area is 196 Å². The van der Waals surface area contributed by atoms with E-state index in [1.54, 1.807) is 0 Å². The van der Waals surface area contributed by atoms with Gasteiger partial charge in [-0.25, -0.2) is 0 Å². The van der Waals surface area contributed by atoms with E-state index in [4.69, 9.17) is 4.74 Å². The van der Waals surface area contributed by atoms with Gasteiger partial charge >= 0.3 is 0 Å². The monoisotopic (exact) mass is 435 g/mol. The third-order valence-electron chi connectivity index (χ3n) is 12.4. The van der Waals surface area contributed by atoms with Crippen LogP contribution in [0.25, 0.3) is 0 Å². The van der Waals surface area contributed by atoms with Crippen LogP contribution in [0.2, 0.25) is 0 Å². The zero-order chi connectivity index (χ0) is 22.3. The lowest BCUT2D eigenvalue weighted by Crippen LogP contribution is -2.57. The molecule has 2 nitrogen and oxygen atoms in total. The highest BCUT2D eigenvalue weighted by molar-refractivity contribution is 5.26. The molecule has 0 aliphatic heterocycles. The molecular formula is C30H45NO. The molecule has 6 rings (SSSR count). The first kappa shape index (κ1) is 21.6. The lowest BCUT2D eigenvalue weighted by atomic mass is 9.45. The molecule has 5 saturated carbocycles. The molecule has 1 spiro atoms. The van der Waals surface area contributed by atoms with Gasteiger partial charge in [0.1, 0.15) is 0 Å². The Morgan fingerprint density at radius 1 is 1.09 bits per heavy atom. The van der Waals surface area contributed by atoms with Crippen LogP contribution in [0.5, 0.6) is 0 Å². The predicted molar refractivity (Wildman–Crippen MR) is 130 cm³/mol. The fraction of sp³-hybridized carbons (Fsp3) is 0.833. The average molecular weight is 436 g/mol. The van der Waals surface area contributed by atoms with Crippen molar-refractivity contribution in [3.8, 4) is 0 Å². The molecule has 0 N–H and O–H groups in total. The van der Waals surface area contributed by atoms with E-state index in [0.717, 1.165) is 41.9 Å². The fourth-order valence-electron chi connectivity index (χ4n) is 10.8. The van der Waals surface area contributed by atoms with Crippen LogP contribution in [0.4, 0.5) is 0 Å². The summed E-state index contributed by atoms with van der Waals surface area (Å²) in [6.07, 6.45) is 16.7. The second kappa shape index (κ2) is 7.30. The molecule has 0 saturated heterocycles. The van der Waals surface area contributed by atoms with Crippen molar-refractivity contribution < 1.29 is 4.74 Å². The second-order valence-electron chi connectivity index (χ2n) is 13.3. The number of fused-ring (bicyclic) bond motifs is 4. The van der Waals surface area contributed by atoms with Crippen LogP contribution in [-0.2, 0) is 11.2 Å². The van der Waals surface area contributed by atoms with Crippen LogP contribution in [0.15, 0.2) is 18.3 Å². The van der Waals surface area contributed by atoms with Crippen LogP contribution < -0.4 is 0 Å². The number of aromatic nitrogens is 1. The molecule has 5 aliphatic rings. The normalized spacial score (nSPS) is 49.7. The first-order valence-electron chi connectivity index (χ1n) is 13.8. The molecule has 176 valence electrons. The number of aryl methyl sites for hydroxylation is 2. The Hall–Kier alpha value is -0.890. The Bertz CT molecular complexity index is 864. The molecule has 5 aliphatic carbocycles. The number of nitrogens with zero attached hydrogens (tertiary/aromatic N) is 1. The number of ether oxygens (including phenoxy) is 1. The maximum atomic E-state index is 6.31. The van der Waals surface area contributed by atoms with E-state index in [1.807, 2.05) is 13.3 Å². The van der Waals surface area contributed by atoms with Crippen LogP contribution in [0.1, 0.15) is 89.8 Å². The molecule has 0 radical (unpaired) electrons. The highest BCUT2D eigenvalue weighted by Gasteiger charge is 2.77. The van der Waals surface area contributed by atoms with Crippen molar-refractivity contribution in [3.05, 3.63) is 29.6 Å². The van der Waals surface area contributed by atoms with Crippen molar-refractivity contribution in [1.29, 1.82) is 0 Å². The summed E-state index contributed by atoms with van der Waals surface area (Å²) in [5, 5.41) is 0. The number of methoxy groups -OCH3 is 1. The van der Waals surface area contributed by atoms with Crippen LogP contribution >= 0.6 is 0 Å². The lowest BCUT2D eigenvalue weighted by molar-refractivity contribution is -0.161. The quantitative estimate of drug-likeness (QED) is 0.486. The lowest BCUT2D eigenvalue weighted by Gasteiger charge is -2.61. The maximum Gasteiger partial charge on any atom is 0.0638 e. The SMILES string of the molecule is CO[C@@H]1C[C@H]2[C@@H]3CC[C@H]([C@H](C)CCc4ccc(C)cn4)[C@@]3(C)CC[C@@H]2[C@@]2(C)CC[C@@H]3CC312. The molecule has 10 atom stereocenters. The molecule has 5 fully saturated rings. The minimum absolute atomic E-state index is 0.535. The molecular weight excluding hydrogens is 390 g/mol. The van der Waals surface area contributed by atoms with Crippen LogP contribution in [0, 0.1) is 58.7 Å². The zero-order valence-corrected chi connectivity index (χ0v) is 21.2. The summed E-state index contributed by atoms with van der Waals surface area (Å²) in [7, 11) is 2.02. The van der Waals surface area contributed by atoms with Crippen LogP contribution in [-0.4, -0.2) is 18.2 Å². The summed E-state index contributed by atoms with van der Waals surface area (Å²) in [5.41, 5.74) is 4.20. The van der Waals surface area contributed by atoms with Crippen molar-refractivity contribution in [3.63, 3.8) is 0 Å². The zero-order valence-electron chi connectivity index (χ0n) is 21.2. The van der Waals surface area contributed by atoms with Gasteiger partial charge in [-0.1, -0.05) is 26.8 Å². The van der Waals surface area contributed by atoms with Gasteiger partial charge in [0.15, 0.2) is 0 Å². The summed E-state index contributed by atoms with van der Waals surface area (Å²) in [5.74, 6) is 5.47. The Morgan fingerprint density at radius 3 is 2.66 bits per heavy atom. The molecule has 1 unspecified atom stereocenters. The summed E-state index contributed by atoms with van der Waals surface area (Å²) in [6, 6.07) is 4.46. The highest BCUT2D eigenvalue weighted by Crippen LogP contribution is 2.82. The van der Waals surface area contributed by atoms with E-state index in [2.05, 4.69) is 44.8 Å². The highest BCUT2D eigenvalue weighted by atomic mass is 16.5. The minimum Gasteiger partial charge on any atom is -0.381 e. The number of pyridine rings is 1. The summed E-state index contributed by atoms with van der Waals surface area (Å²) >= 11 is 0. The minimum atomic E-state index is 0.535.